The van der Waals surface area contributed by atoms with Crippen molar-refractivity contribution in [2.45, 2.75) is 50.9 Å². The molecule has 1 fully saturated rings. The van der Waals surface area contributed by atoms with Crippen LogP contribution in [0.3, 0.4) is 0 Å². The van der Waals surface area contributed by atoms with Crippen molar-refractivity contribution in [3.05, 3.63) is 0 Å². The molecule has 1 atom stereocenters. The summed E-state index contributed by atoms with van der Waals surface area (Å²) in [6.45, 7) is 0.925. The summed E-state index contributed by atoms with van der Waals surface area (Å²) in [5.74, 6) is -0.286. The highest BCUT2D eigenvalue weighted by Gasteiger charge is 2.28. The monoisotopic (exact) mass is 330 g/mol. The smallest absolute Gasteiger partial charge is 0.307 e. The van der Waals surface area contributed by atoms with Crippen molar-refractivity contribution < 1.29 is 23.8 Å². The van der Waals surface area contributed by atoms with Crippen LogP contribution < -0.4 is 5.73 Å². The number of carbonyl (C=O) groups excluding carboxylic acids is 2. The van der Waals surface area contributed by atoms with Crippen LogP contribution in [-0.2, 0) is 23.8 Å². The molecule has 23 heavy (non-hydrogen) atoms. The van der Waals surface area contributed by atoms with Gasteiger partial charge in [-0.3, -0.25) is 9.59 Å². The zero-order valence-electron chi connectivity index (χ0n) is 14.5. The zero-order chi connectivity index (χ0) is 17.2. The molecule has 0 aromatic carbocycles. The number of ether oxygens (including phenoxy) is 3. The second-order valence-electron chi connectivity index (χ2n) is 6.03. The van der Waals surface area contributed by atoms with Crippen LogP contribution in [-0.4, -0.2) is 63.5 Å². The minimum absolute atomic E-state index is 0.124. The highest BCUT2D eigenvalue weighted by Crippen LogP contribution is 2.25. The standard InChI is InChI=1S/C16H30N2O5/c1-21-14(19)9-13(17)16(20)18(11-15(22-2)23-3)10-12-7-5-4-6-8-12/h12-13,15H,4-11,17H2,1-3H3/t13-/m0/s1. The summed E-state index contributed by atoms with van der Waals surface area (Å²) in [7, 11) is 4.35. The molecule has 0 aliphatic heterocycles. The Balaban J connectivity index is 2.70. The van der Waals surface area contributed by atoms with Crippen LogP contribution in [0, 0.1) is 5.92 Å². The molecular weight excluding hydrogens is 300 g/mol. The number of amides is 1. The topological polar surface area (TPSA) is 91.1 Å². The normalized spacial score (nSPS) is 17.1. The van der Waals surface area contributed by atoms with Crippen molar-refractivity contribution in [2.24, 2.45) is 11.7 Å². The quantitative estimate of drug-likeness (QED) is 0.499. The Hall–Kier alpha value is -1.18. The van der Waals surface area contributed by atoms with Crippen molar-refractivity contribution in [3.8, 4) is 0 Å². The zero-order valence-corrected chi connectivity index (χ0v) is 14.5. The van der Waals surface area contributed by atoms with Crippen molar-refractivity contribution in [1.29, 1.82) is 0 Å². The van der Waals surface area contributed by atoms with Crippen LogP contribution in [0.15, 0.2) is 0 Å². The lowest BCUT2D eigenvalue weighted by Gasteiger charge is -2.33. The second kappa shape index (κ2) is 10.6. The first-order valence-electron chi connectivity index (χ1n) is 8.18. The van der Waals surface area contributed by atoms with Crippen LogP contribution in [0.4, 0.5) is 0 Å². The Morgan fingerprint density at radius 1 is 1.13 bits per heavy atom. The van der Waals surface area contributed by atoms with Gasteiger partial charge >= 0.3 is 5.97 Å². The third kappa shape index (κ3) is 6.85. The fourth-order valence-electron chi connectivity index (χ4n) is 2.95. The molecular formula is C16H30N2O5. The molecule has 1 aliphatic rings. The van der Waals surface area contributed by atoms with E-state index in [0.717, 1.165) is 12.8 Å². The molecule has 1 rings (SSSR count). The molecule has 0 aromatic rings. The van der Waals surface area contributed by atoms with Crippen LogP contribution >= 0.6 is 0 Å². The summed E-state index contributed by atoms with van der Waals surface area (Å²) >= 11 is 0. The average Bonchev–Trinajstić information content (AvgIpc) is 2.58. The summed E-state index contributed by atoms with van der Waals surface area (Å²) in [4.78, 5) is 25.6. The first-order valence-corrected chi connectivity index (χ1v) is 8.18. The van der Waals surface area contributed by atoms with Gasteiger partial charge in [0.05, 0.1) is 26.1 Å². The molecule has 0 saturated heterocycles. The number of rotatable bonds is 9. The molecule has 0 heterocycles. The largest absolute Gasteiger partial charge is 0.469 e. The number of hydrogen-bond acceptors (Lipinski definition) is 6. The number of carbonyl (C=O) groups is 2. The summed E-state index contributed by atoms with van der Waals surface area (Å²) in [6.07, 6.45) is 5.23. The number of nitrogens with two attached hydrogens (primary N) is 1. The SMILES string of the molecule is COC(=O)C[C@H](N)C(=O)N(CC1CCCCC1)CC(OC)OC. The van der Waals surface area contributed by atoms with E-state index in [2.05, 4.69) is 4.74 Å². The van der Waals surface area contributed by atoms with Gasteiger partial charge in [-0.1, -0.05) is 19.3 Å². The van der Waals surface area contributed by atoms with Crippen LogP contribution in [0.1, 0.15) is 38.5 Å². The molecule has 0 unspecified atom stereocenters. The van der Waals surface area contributed by atoms with E-state index in [4.69, 9.17) is 15.2 Å². The molecule has 0 aromatic heterocycles. The van der Waals surface area contributed by atoms with Crippen molar-refractivity contribution in [3.63, 3.8) is 0 Å². The van der Waals surface area contributed by atoms with Gasteiger partial charge in [0.1, 0.15) is 0 Å². The maximum atomic E-state index is 12.6. The maximum absolute atomic E-state index is 12.6. The van der Waals surface area contributed by atoms with E-state index in [-0.39, 0.29) is 12.3 Å². The summed E-state index contributed by atoms with van der Waals surface area (Å²) in [5, 5.41) is 0. The van der Waals surface area contributed by atoms with Crippen LogP contribution in [0.5, 0.6) is 0 Å². The molecule has 0 spiro atoms. The van der Waals surface area contributed by atoms with Gasteiger partial charge in [-0.15, -0.1) is 0 Å². The minimum atomic E-state index is -0.902. The fraction of sp³-hybridized carbons (Fsp3) is 0.875. The van der Waals surface area contributed by atoms with Gasteiger partial charge in [-0.25, -0.2) is 0 Å². The van der Waals surface area contributed by atoms with Gasteiger partial charge in [-0.05, 0) is 18.8 Å². The fourth-order valence-corrected chi connectivity index (χ4v) is 2.95. The molecule has 1 aliphatic carbocycles. The molecule has 7 heteroatoms. The first kappa shape index (κ1) is 19.9. The highest BCUT2D eigenvalue weighted by atomic mass is 16.7. The Bertz CT molecular complexity index is 367. The van der Waals surface area contributed by atoms with E-state index in [1.165, 1.54) is 40.6 Å². The number of esters is 1. The Morgan fingerprint density at radius 2 is 1.74 bits per heavy atom. The van der Waals surface area contributed by atoms with Gasteiger partial charge in [0.2, 0.25) is 5.91 Å². The third-order valence-corrected chi connectivity index (χ3v) is 4.34. The molecule has 2 N–H and O–H groups in total. The predicted molar refractivity (Wildman–Crippen MR) is 85.6 cm³/mol. The van der Waals surface area contributed by atoms with Gasteiger partial charge in [0.15, 0.2) is 6.29 Å². The summed E-state index contributed by atoms with van der Waals surface area (Å²) < 4.78 is 15.0. The van der Waals surface area contributed by atoms with Crippen LogP contribution in [0.25, 0.3) is 0 Å². The van der Waals surface area contributed by atoms with Gasteiger partial charge in [0.25, 0.3) is 0 Å². The van der Waals surface area contributed by atoms with E-state index in [1.54, 1.807) is 4.90 Å². The highest BCUT2D eigenvalue weighted by molar-refractivity contribution is 5.86. The predicted octanol–water partition coefficient (Wildman–Crippen LogP) is 0.905. The Morgan fingerprint density at radius 3 is 2.26 bits per heavy atom. The molecule has 1 amide bonds. The minimum Gasteiger partial charge on any atom is -0.469 e. The maximum Gasteiger partial charge on any atom is 0.307 e. The van der Waals surface area contributed by atoms with Crippen molar-refractivity contribution in [2.75, 3.05) is 34.4 Å². The molecule has 0 bridgehead atoms. The lowest BCUT2D eigenvalue weighted by atomic mass is 9.89. The lowest BCUT2D eigenvalue weighted by Crippen LogP contribution is -2.49. The van der Waals surface area contributed by atoms with Gasteiger partial charge < -0.3 is 24.8 Å². The molecule has 1 saturated carbocycles. The number of hydrogen-bond donors (Lipinski definition) is 1. The van der Waals surface area contributed by atoms with E-state index in [1.807, 2.05) is 0 Å². The Kier molecular flexibility index (Phi) is 9.13. The van der Waals surface area contributed by atoms with E-state index >= 15 is 0 Å². The van der Waals surface area contributed by atoms with E-state index < -0.39 is 18.3 Å². The average molecular weight is 330 g/mol. The first-order chi connectivity index (χ1) is 11.0. The molecule has 0 radical (unpaired) electrons. The summed E-state index contributed by atoms with van der Waals surface area (Å²) in [5.41, 5.74) is 5.88. The van der Waals surface area contributed by atoms with Gasteiger partial charge in [0, 0.05) is 20.8 Å². The van der Waals surface area contributed by atoms with E-state index in [0.29, 0.717) is 19.0 Å². The third-order valence-electron chi connectivity index (χ3n) is 4.34. The van der Waals surface area contributed by atoms with Crippen molar-refractivity contribution in [1.82, 2.24) is 4.90 Å². The van der Waals surface area contributed by atoms with E-state index in [9.17, 15) is 9.59 Å². The van der Waals surface area contributed by atoms with Gasteiger partial charge in [-0.2, -0.15) is 0 Å². The molecule has 7 nitrogen and oxygen atoms in total. The lowest BCUT2D eigenvalue weighted by molar-refractivity contribution is -0.151. The molecule has 134 valence electrons. The number of methoxy groups -OCH3 is 3. The van der Waals surface area contributed by atoms with Crippen molar-refractivity contribution >= 4 is 11.9 Å². The Labute approximate surface area is 138 Å². The number of nitrogens with zero attached hydrogens (tertiary/aromatic N) is 1. The summed E-state index contributed by atoms with van der Waals surface area (Å²) in [6, 6.07) is -0.902. The second-order valence-corrected chi connectivity index (χ2v) is 6.03. The van der Waals surface area contributed by atoms with Crippen LogP contribution in [0.2, 0.25) is 0 Å².